The van der Waals surface area contributed by atoms with E-state index in [1.54, 1.807) is 0 Å². The Morgan fingerprint density at radius 3 is 1.57 bits per heavy atom. The van der Waals surface area contributed by atoms with Crippen LogP contribution in [0.3, 0.4) is 0 Å². The normalized spacial score (nSPS) is 6.86. The molecule has 0 spiro atoms. The average Bonchev–Trinajstić information content (AvgIpc) is 1.38. The van der Waals surface area contributed by atoms with Gasteiger partial charge in [-0.1, -0.05) is 13.8 Å². The van der Waals surface area contributed by atoms with Crippen LogP contribution < -0.4 is 0 Å². The van der Waals surface area contributed by atoms with Crippen molar-refractivity contribution in [1.82, 2.24) is 0 Å². The molecule has 0 amide bonds. The summed E-state index contributed by atoms with van der Waals surface area (Å²) >= 11 is 0. The summed E-state index contributed by atoms with van der Waals surface area (Å²) in [5.41, 5.74) is 0. The summed E-state index contributed by atoms with van der Waals surface area (Å²) < 4.78 is 0. The van der Waals surface area contributed by atoms with Gasteiger partial charge in [0.25, 0.3) is 0 Å². The summed E-state index contributed by atoms with van der Waals surface area (Å²) in [6.07, 6.45) is 0. The molecule has 0 aliphatic heterocycles. The summed E-state index contributed by atoms with van der Waals surface area (Å²) in [7, 11) is 0. The number of hydrogen-bond acceptors (Lipinski definition) is 1. The molecule has 0 fully saturated rings. The van der Waals surface area contributed by atoms with Crippen LogP contribution in [0.1, 0.15) is 13.8 Å². The van der Waals surface area contributed by atoms with Crippen LogP contribution in [0.4, 0.5) is 0 Å². The first-order chi connectivity index (χ1) is 2.27. The molecule has 0 atom stereocenters. The second-order valence-electron chi connectivity index (χ2n) is 1.58. The van der Waals surface area contributed by atoms with Gasteiger partial charge in [-0.25, -0.2) is 0 Å². The van der Waals surface area contributed by atoms with E-state index in [1.165, 1.54) is 0 Å². The van der Waals surface area contributed by atoms with Crippen molar-refractivity contribution >= 4 is 48.9 Å². The zero-order chi connectivity index (χ0) is 4.28. The van der Waals surface area contributed by atoms with Crippen molar-refractivity contribution in [2.24, 2.45) is 5.92 Å². The number of rotatable bonds is 1. The van der Waals surface area contributed by atoms with Crippen molar-refractivity contribution in [2.45, 2.75) is 13.8 Å². The van der Waals surface area contributed by atoms with Crippen LogP contribution >= 0.6 is 0 Å². The van der Waals surface area contributed by atoms with Crippen LogP contribution in [0, 0.1) is 5.92 Å². The van der Waals surface area contributed by atoms with Crippen LogP contribution in [-0.4, -0.2) is 66.1 Å². The molecule has 0 radical (unpaired) electrons. The Bertz CT molecular complexity index is 23.7. The van der Waals surface area contributed by atoms with E-state index in [-0.39, 0.29) is 54.4 Å². The molecule has 0 saturated carbocycles. The van der Waals surface area contributed by atoms with Gasteiger partial charge in [0.1, 0.15) is 0 Å². The molecule has 0 aliphatic rings. The third-order valence-corrected chi connectivity index (χ3v) is 0.365. The van der Waals surface area contributed by atoms with E-state index in [9.17, 15) is 0 Å². The van der Waals surface area contributed by atoms with Gasteiger partial charge in [0, 0.05) is 6.61 Å². The molecular formula is C4H14BaO2. The van der Waals surface area contributed by atoms with E-state index in [0.717, 1.165) is 0 Å². The number of hydrogen-bond donors (Lipinski definition) is 1. The van der Waals surface area contributed by atoms with Gasteiger partial charge in [-0.2, -0.15) is 0 Å². The molecule has 0 bridgehead atoms. The Balaban J connectivity index is -0.0000000800. The monoisotopic (exact) mass is 232 g/mol. The minimum atomic E-state index is 0. The molecule has 0 aliphatic carbocycles. The van der Waals surface area contributed by atoms with Gasteiger partial charge >= 0.3 is 48.9 Å². The second kappa shape index (κ2) is 10.5. The Hall–Kier alpha value is 1.49. The Kier molecular flexibility index (Phi) is 23.6. The van der Waals surface area contributed by atoms with Crippen LogP contribution in [0.2, 0.25) is 0 Å². The van der Waals surface area contributed by atoms with Crippen molar-refractivity contribution in [1.29, 1.82) is 0 Å². The summed E-state index contributed by atoms with van der Waals surface area (Å²) in [4.78, 5) is 0. The summed E-state index contributed by atoms with van der Waals surface area (Å²) in [5, 5.41) is 8.14. The van der Waals surface area contributed by atoms with E-state index < -0.39 is 0 Å². The first kappa shape index (κ1) is 15.8. The van der Waals surface area contributed by atoms with E-state index in [2.05, 4.69) is 0 Å². The molecule has 0 unspecified atom stereocenters. The van der Waals surface area contributed by atoms with E-state index in [4.69, 9.17) is 5.11 Å². The SMILES string of the molecule is CC(C)CO.O.[BaH2]. The first-order valence-electron chi connectivity index (χ1n) is 1.88. The predicted octanol–water partition coefficient (Wildman–Crippen LogP) is -1.11. The van der Waals surface area contributed by atoms with Crippen molar-refractivity contribution in [3.8, 4) is 0 Å². The molecule has 3 heteroatoms. The third kappa shape index (κ3) is 18.5. The van der Waals surface area contributed by atoms with Gasteiger partial charge < -0.3 is 10.6 Å². The van der Waals surface area contributed by atoms with E-state index >= 15 is 0 Å². The molecule has 0 aromatic heterocycles. The van der Waals surface area contributed by atoms with Crippen LogP contribution in [0.25, 0.3) is 0 Å². The standard InChI is InChI=1S/C4H10O.Ba.H2O.2H/c1-4(2)3-5;;;;/h4-5H,3H2,1-2H3;;1H2;;. The maximum absolute atomic E-state index is 8.14. The Labute approximate surface area is 84.7 Å². The fourth-order valence-corrected chi connectivity index (χ4v) is 0. The summed E-state index contributed by atoms with van der Waals surface area (Å²) in [6.45, 7) is 4.25. The van der Waals surface area contributed by atoms with Gasteiger partial charge in [-0.05, 0) is 5.92 Å². The predicted molar refractivity (Wildman–Crippen MR) is 34.1 cm³/mol. The molecule has 44 valence electrons. The number of aliphatic hydroxyl groups excluding tert-OH is 1. The fraction of sp³-hybridized carbons (Fsp3) is 1.00. The molecule has 2 nitrogen and oxygen atoms in total. The molecule has 3 N–H and O–H groups in total. The quantitative estimate of drug-likeness (QED) is 0.572. The molecule has 0 heterocycles. The van der Waals surface area contributed by atoms with Crippen LogP contribution in [0.15, 0.2) is 0 Å². The average molecular weight is 231 g/mol. The van der Waals surface area contributed by atoms with Crippen LogP contribution in [-0.2, 0) is 0 Å². The Morgan fingerprint density at radius 1 is 1.43 bits per heavy atom. The summed E-state index contributed by atoms with van der Waals surface area (Å²) in [5.74, 6) is 0.440. The zero-order valence-electron chi connectivity index (χ0n) is 4.23. The fourth-order valence-electron chi connectivity index (χ4n) is 0. The van der Waals surface area contributed by atoms with Crippen LogP contribution in [0.5, 0.6) is 0 Å². The van der Waals surface area contributed by atoms with Gasteiger partial charge in [0.05, 0.1) is 0 Å². The van der Waals surface area contributed by atoms with Gasteiger partial charge in [-0.3, -0.25) is 0 Å². The second-order valence-corrected chi connectivity index (χ2v) is 1.58. The van der Waals surface area contributed by atoms with E-state index in [1.807, 2.05) is 13.8 Å². The molecule has 0 aromatic rings. The van der Waals surface area contributed by atoms with Crippen molar-refractivity contribution < 1.29 is 10.6 Å². The summed E-state index contributed by atoms with van der Waals surface area (Å²) in [6, 6.07) is 0. The first-order valence-corrected chi connectivity index (χ1v) is 1.88. The zero-order valence-corrected chi connectivity index (χ0v) is 4.23. The minimum absolute atomic E-state index is 0. The van der Waals surface area contributed by atoms with Gasteiger partial charge in [0.15, 0.2) is 0 Å². The van der Waals surface area contributed by atoms with Gasteiger partial charge in [-0.15, -0.1) is 0 Å². The molecule has 0 saturated heterocycles. The molecule has 0 aromatic carbocycles. The molecular weight excluding hydrogens is 217 g/mol. The van der Waals surface area contributed by atoms with Crippen molar-refractivity contribution in [3.05, 3.63) is 0 Å². The maximum atomic E-state index is 8.14. The third-order valence-electron chi connectivity index (χ3n) is 0.365. The molecule has 0 rings (SSSR count). The topological polar surface area (TPSA) is 51.7 Å². The molecule has 7 heavy (non-hydrogen) atoms. The Morgan fingerprint density at radius 2 is 1.57 bits per heavy atom. The van der Waals surface area contributed by atoms with Crippen molar-refractivity contribution in [2.75, 3.05) is 6.61 Å². The van der Waals surface area contributed by atoms with Crippen molar-refractivity contribution in [3.63, 3.8) is 0 Å². The van der Waals surface area contributed by atoms with E-state index in [0.29, 0.717) is 12.5 Å². The number of aliphatic hydroxyl groups is 1. The van der Waals surface area contributed by atoms with Gasteiger partial charge in [0.2, 0.25) is 0 Å².